The number of amides is 3. The summed E-state index contributed by atoms with van der Waals surface area (Å²) in [6.45, 7) is 8.75. The van der Waals surface area contributed by atoms with Gasteiger partial charge in [-0.05, 0) is 42.9 Å². The summed E-state index contributed by atoms with van der Waals surface area (Å²) >= 11 is 0. The minimum Gasteiger partial charge on any atom is -0.444 e. The molecule has 13 heteroatoms. The van der Waals surface area contributed by atoms with E-state index < -0.39 is 74.2 Å². The normalized spacial score (nSPS) is 26.4. The van der Waals surface area contributed by atoms with Gasteiger partial charge in [-0.15, -0.1) is 6.58 Å². The summed E-state index contributed by atoms with van der Waals surface area (Å²) in [6.07, 6.45) is 1.64. The number of ketones is 2. The van der Waals surface area contributed by atoms with Crippen LogP contribution in [0.5, 0.6) is 0 Å². The van der Waals surface area contributed by atoms with E-state index in [9.17, 15) is 36.8 Å². The van der Waals surface area contributed by atoms with Gasteiger partial charge in [0.25, 0.3) is 0 Å². The zero-order valence-corrected chi connectivity index (χ0v) is 25.3. The van der Waals surface area contributed by atoms with Crippen LogP contribution in [-0.4, -0.2) is 71.6 Å². The third-order valence-electron chi connectivity index (χ3n) is 9.08. The summed E-state index contributed by atoms with van der Waals surface area (Å²) in [5, 5.41) is -0.627. The predicted molar refractivity (Wildman–Crippen MR) is 155 cm³/mol. The molecule has 236 valence electrons. The van der Waals surface area contributed by atoms with Crippen LogP contribution in [0.4, 0.5) is 9.18 Å². The van der Waals surface area contributed by atoms with E-state index in [2.05, 4.69) is 17.9 Å². The van der Waals surface area contributed by atoms with Crippen molar-refractivity contribution in [3.05, 3.63) is 60.5 Å². The number of hydrogen-bond acceptors (Lipinski definition) is 8. The van der Waals surface area contributed by atoms with Gasteiger partial charge in [0.15, 0.2) is 11.6 Å². The first-order chi connectivity index (χ1) is 20.8. The lowest BCUT2D eigenvalue weighted by Gasteiger charge is -2.27. The number of halogens is 1. The minimum atomic E-state index is -3.85. The molecule has 1 aromatic carbocycles. The van der Waals surface area contributed by atoms with Gasteiger partial charge < -0.3 is 9.64 Å². The second-order valence-corrected chi connectivity index (χ2v) is 14.2. The van der Waals surface area contributed by atoms with E-state index in [0.29, 0.717) is 24.0 Å². The lowest BCUT2D eigenvalue weighted by atomic mass is 9.91. The van der Waals surface area contributed by atoms with Crippen molar-refractivity contribution in [3.63, 3.8) is 0 Å². The fourth-order valence-electron chi connectivity index (χ4n) is 6.22. The minimum absolute atomic E-state index is 0.0175. The van der Waals surface area contributed by atoms with E-state index in [1.165, 1.54) is 21.9 Å². The molecule has 0 radical (unpaired) electrons. The molecule has 1 saturated heterocycles. The second-order valence-electron chi connectivity index (χ2n) is 12.3. The monoisotopic (exact) mass is 629 g/mol. The Labute approximate surface area is 255 Å². The van der Waals surface area contributed by atoms with Crippen molar-refractivity contribution in [1.29, 1.82) is 0 Å². The first-order valence-corrected chi connectivity index (χ1v) is 16.2. The van der Waals surface area contributed by atoms with Gasteiger partial charge >= 0.3 is 6.09 Å². The van der Waals surface area contributed by atoms with Gasteiger partial charge in [-0.3, -0.25) is 28.8 Å². The lowest BCUT2D eigenvalue weighted by molar-refractivity contribution is -0.142. The van der Waals surface area contributed by atoms with Crippen LogP contribution in [0.15, 0.2) is 43.5 Å². The molecule has 2 heterocycles. The number of nitrogens with one attached hydrogen (secondary N) is 1. The van der Waals surface area contributed by atoms with Gasteiger partial charge in [-0.1, -0.05) is 31.7 Å². The molecule has 2 aliphatic heterocycles. The summed E-state index contributed by atoms with van der Waals surface area (Å²) in [5.74, 6) is -3.77. The molecule has 11 nitrogen and oxygen atoms in total. The maximum Gasteiger partial charge on any atom is 0.410 e. The summed E-state index contributed by atoms with van der Waals surface area (Å²) in [4.78, 5) is 68.2. The van der Waals surface area contributed by atoms with Crippen molar-refractivity contribution in [2.75, 3.05) is 6.54 Å². The van der Waals surface area contributed by atoms with Gasteiger partial charge in [-0.2, -0.15) is 0 Å². The Balaban J connectivity index is 1.32. The van der Waals surface area contributed by atoms with E-state index in [-0.39, 0.29) is 51.1 Å². The highest BCUT2D eigenvalue weighted by molar-refractivity contribution is 7.90. The topological polar surface area (TPSA) is 147 Å². The van der Waals surface area contributed by atoms with Crippen molar-refractivity contribution in [2.45, 2.75) is 75.9 Å². The molecule has 5 atom stereocenters. The Kier molecular flexibility index (Phi) is 8.54. The largest absolute Gasteiger partial charge is 0.444 e. The molecule has 2 aliphatic carbocycles. The quantitative estimate of drug-likeness (QED) is 0.274. The van der Waals surface area contributed by atoms with Crippen LogP contribution >= 0.6 is 0 Å². The molecule has 44 heavy (non-hydrogen) atoms. The Bertz CT molecular complexity index is 1540. The van der Waals surface area contributed by atoms with Crippen LogP contribution in [0.1, 0.15) is 56.6 Å². The number of likely N-dealkylation sites (tertiary alicyclic amines) is 1. The van der Waals surface area contributed by atoms with Crippen LogP contribution in [0.25, 0.3) is 0 Å². The van der Waals surface area contributed by atoms with Gasteiger partial charge in [0.2, 0.25) is 21.8 Å². The van der Waals surface area contributed by atoms with E-state index in [4.69, 9.17) is 4.74 Å². The van der Waals surface area contributed by atoms with E-state index in [1.807, 2.05) is 0 Å². The zero-order chi connectivity index (χ0) is 32.0. The van der Waals surface area contributed by atoms with E-state index >= 15 is 0 Å². The van der Waals surface area contributed by atoms with E-state index in [1.54, 1.807) is 19.1 Å². The number of nitrogens with zero attached hydrogens (tertiary/aromatic N) is 2. The summed E-state index contributed by atoms with van der Waals surface area (Å²) in [6, 6.07) is 3.51. The lowest BCUT2D eigenvalue weighted by Crippen LogP contribution is -2.46. The molecule has 0 aromatic heterocycles. The number of sulfonamides is 1. The summed E-state index contributed by atoms with van der Waals surface area (Å²) in [5.41, 5.74) is -0.262. The molecule has 1 aromatic rings. The highest BCUT2D eigenvalue weighted by atomic mass is 32.2. The van der Waals surface area contributed by atoms with Crippen LogP contribution < -0.4 is 4.72 Å². The highest BCUT2D eigenvalue weighted by Gasteiger charge is 2.61. The van der Waals surface area contributed by atoms with Crippen molar-refractivity contribution in [3.8, 4) is 0 Å². The second kappa shape index (κ2) is 11.9. The summed E-state index contributed by atoms with van der Waals surface area (Å²) < 4.78 is 47.0. The number of hydrogen-bond donors (Lipinski definition) is 1. The van der Waals surface area contributed by atoms with Crippen LogP contribution in [0.3, 0.4) is 0 Å². The maximum atomic E-state index is 14.2. The number of rotatable bonds is 12. The van der Waals surface area contributed by atoms with Crippen molar-refractivity contribution >= 4 is 39.5 Å². The number of allylic oxidation sites excluding steroid dienone is 2. The SMILES string of the molecule is C=CC(=O)C[C@H](C)C(=O)N1CC(OC(=O)N2Cc3cccc(F)c3C2)C[C@H]1C(=O)C[C@]1(C(=O)NS(=O)(=O)C2CC2)C[C@H]1C=C. The number of carbonyl (C=O) groups is 5. The van der Waals surface area contributed by atoms with Crippen LogP contribution in [0.2, 0.25) is 0 Å². The fourth-order valence-corrected chi connectivity index (χ4v) is 7.61. The molecule has 3 amide bonds. The molecule has 1 N–H and O–H groups in total. The first-order valence-electron chi connectivity index (χ1n) is 14.7. The Morgan fingerprint density at radius 2 is 1.91 bits per heavy atom. The van der Waals surface area contributed by atoms with Crippen molar-refractivity contribution in [2.24, 2.45) is 17.3 Å². The number of fused-ring (bicyclic) bond motifs is 1. The molecule has 1 unspecified atom stereocenters. The molecule has 0 spiro atoms. The first kappa shape index (κ1) is 31.6. The smallest absolute Gasteiger partial charge is 0.410 e. The maximum absolute atomic E-state index is 14.2. The van der Waals surface area contributed by atoms with Gasteiger partial charge in [0.1, 0.15) is 11.9 Å². The standard InChI is InChI=1S/C31H36FN3O8S/c1-4-20-13-31(20,29(39)33-44(41,42)23-9-10-23)14-27(37)26-12-22(16-35(26)28(38)18(3)11-21(36)5-2)43-30(40)34-15-19-7-6-8-25(32)24(19)17-34/h4-8,18,20,22-23,26H,1-2,9-17H2,3H3,(H,33,39)/t18-,20+,22?,26-,31+/m0/s1. The number of carbonyl (C=O) groups excluding carboxylic acids is 5. The molecule has 2 saturated carbocycles. The van der Waals surface area contributed by atoms with Crippen LogP contribution in [-0.2, 0) is 47.0 Å². The van der Waals surface area contributed by atoms with Gasteiger partial charge in [-0.25, -0.2) is 17.6 Å². The van der Waals surface area contributed by atoms with Gasteiger partial charge in [0.05, 0.1) is 29.8 Å². The number of Topliss-reactive ketones (excluding diaryl/α,β-unsaturated/α-hetero) is 1. The molecule has 3 fully saturated rings. The van der Waals surface area contributed by atoms with Crippen molar-refractivity contribution < 1.29 is 41.5 Å². The van der Waals surface area contributed by atoms with Gasteiger partial charge in [0, 0.05) is 37.3 Å². The summed E-state index contributed by atoms with van der Waals surface area (Å²) in [7, 11) is -3.85. The molecule has 5 rings (SSSR count). The highest BCUT2D eigenvalue weighted by Crippen LogP contribution is 2.57. The predicted octanol–water partition coefficient (Wildman–Crippen LogP) is 2.79. The number of ether oxygens (including phenoxy) is 1. The molecular formula is C31H36FN3O8S. The Morgan fingerprint density at radius 1 is 1.18 bits per heavy atom. The molecular weight excluding hydrogens is 593 g/mol. The Hall–Kier alpha value is -3.87. The van der Waals surface area contributed by atoms with E-state index in [0.717, 1.165) is 6.08 Å². The Morgan fingerprint density at radius 3 is 2.52 bits per heavy atom. The molecule has 4 aliphatic rings. The average Bonchev–Trinajstić information content (AvgIpc) is 3.87. The number of benzene rings is 1. The zero-order valence-electron chi connectivity index (χ0n) is 24.5. The third kappa shape index (κ3) is 6.19. The molecule has 0 bridgehead atoms. The third-order valence-corrected chi connectivity index (χ3v) is 10.9. The van der Waals surface area contributed by atoms with Crippen LogP contribution in [0, 0.1) is 23.1 Å². The average molecular weight is 630 g/mol. The fraction of sp³-hybridized carbons (Fsp3) is 0.516. The van der Waals surface area contributed by atoms with Crippen molar-refractivity contribution in [1.82, 2.24) is 14.5 Å².